The molecule has 2 aliphatic rings. The van der Waals surface area contributed by atoms with Gasteiger partial charge in [0.2, 0.25) is 0 Å². The van der Waals surface area contributed by atoms with Crippen LogP contribution in [0.15, 0.2) is 35.3 Å². The highest BCUT2D eigenvalue weighted by Gasteiger charge is 2.30. The molecule has 2 heterocycles. The molecule has 5 nitrogen and oxygen atoms in total. The summed E-state index contributed by atoms with van der Waals surface area (Å²) in [6.07, 6.45) is 1.22. The predicted molar refractivity (Wildman–Crippen MR) is 93.6 cm³/mol. The summed E-state index contributed by atoms with van der Waals surface area (Å²) in [5, 5.41) is 3.45. The lowest BCUT2D eigenvalue weighted by Gasteiger charge is -2.32. The molecular weight excluding hydrogens is 288 g/mol. The Morgan fingerprint density at radius 1 is 1.22 bits per heavy atom. The Morgan fingerprint density at radius 2 is 2.00 bits per heavy atom. The molecule has 0 bridgehead atoms. The molecule has 0 radical (unpaired) electrons. The standard InChI is InChI=1S/C18H28N4O/c1-2-19-18(20-14-16-6-4-3-5-7-16)22-9-8-17(15-22)21-10-12-23-13-11-21/h3-7,17H,2,8-15H2,1H3,(H,19,20). The van der Waals surface area contributed by atoms with Crippen LogP contribution >= 0.6 is 0 Å². The van der Waals surface area contributed by atoms with Gasteiger partial charge in [0.25, 0.3) is 0 Å². The van der Waals surface area contributed by atoms with E-state index in [0.717, 1.165) is 58.4 Å². The number of hydrogen-bond acceptors (Lipinski definition) is 3. The minimum Gasteiger partial charge on any atom is -0.379 e. The molecule has 1 unspecified atom stereocenters. The van der Waals surface area contributed by atoms with Gasteiger partial charge in [0, 0.05) is 38.8 Å². The first-order valence-electron chi connectivity index (χ1n) is 8.76. The highest BCUT2D eigenvalue weighted by atomic mass is 16.5. The maximum absolute atomic E-state index is 5.47. The molecule has 0 spiro atoms. The fourth-order valence-corrected chi connectivity index (χ4v) is 3.35. The molecule has 0 aromatic heterocycles. The third kappa shape index (κ3) is 4.45. The van der Waals surface area contributed by atoms with Crippen LogP contribution in [0.5, 0.6) is 0 Å². The van der Waals surface area contributed by atoms with E-state index < -0.39 is 0 Å². The lowest BCUT2D eigenvalue weighted by Crippen LogP contribution is -2.46. The number of nitrogens with one attached hydrogen (secondary N) is 1. The summed E-state index contributed by atoms with van der Waals surface area (Å²) in [5.74, 6) is 1.05. The van der Waals surface area contributed by atoms with Gasteiger partial charge in [-0.1, -0.05) is 30.3 Å². The number of aliphatic imine (C=N–C) groups is 1. The highest BCUT2D eigenvalue weighted by Crippen LogP contribution is 2.17. The summed E-state index contributed by atoms with van der Waals surface area (Å²) in [7, 11) is 0. The molecule has 5 heteroatoms. The molecule has 2 fully saturated rings. The van der Waals surface area contributed by atoms with Gasteiger partial charge in [-0.3, -0.25) is 4.90 Å². The van der Waals surface area contributed by atoms with Crippen molar-refractivity contribution in [2.24, 2.45) is 4.99 Å². The maximum Gasteiger partial charge on any atom is 0.194 e. The lowest BCUT2D eigenvalue weighted by molar-refractivity contribution is 0.0195. The normalized spacial score (nSPS) is 23.3. The third-order valence-electron chi connectivity index (χ3n) is 4.61. The minimum atomic E-state index is 0.638. The van der Waals surface area contributed by atoms with E-state index in [1.165, 1.54) is 12.0 Å². The van der Waals surface area contributed by atoms with Crippen LogP contribution in [0.3, 0.4) is 0 Å². The van der Waals surface area contributed by atoms with Gasteiger partial charge in [0.15, 0.2) is 5.96 Å². The van der Waals surface area contributed by atoms with Crippen LogP contribution < -0.4 is 5.32 Å². The van der Waals surface area contributed by atoms with Crippen molar-refractivity contribution >= 4 is 5.96 Å². The second-order valence-corrected chi connectivity index (χ2v) is 6.19. The van der Waals surface area contributed by atoms with Gasteiger partial charge in [0.05, 0.1) is 19.8 Å². The monoisotopic (exact) mass is 316 g/mol. The number of benzene rings is 1. The molecule has 1 N–H and O–H groups in total. The minimum absolute atomic E-state index is 0.638. The summed E-state index contributed by atoms with van der Waals surface area (Å²) >= 11 is 0. The molecular formula is C18H28N4O. The Kier molecular flexibility index (Phi) is 5.88. The van der Waals surface area contributed by atoms with Crippen LogP contribution in [0.2, 0.25) is 0 Å². The van der Waals surface area contributed by atoms with Gasteiger partial charge in [0.1, 0.15) is 0 Å². The van der Waals surface area contributed by atoms with Crippen molar-refractivity contribution in [3.63, 3.8) is 0 Å². The van der Waals surface area contributed by atoms with Crippen molar-refractivity contribution in [1.82, 2.24) is 15.1 Å². The van der Waals surface area contributed by atoms with Crippen molar-refractivity contribution in [2.45, 2.75) is 25.9 Å². The molecule has 0 amide bonds. The van der Waals surface area contributed by atoms with Gasteiger partial charge in [-0.15, -0.1) is 0 Å². The number of ether oxygens (including phenoxy) is 1. The fourth-order valence-electron chi connectivity index (χ4n) is 3.35. The summed E-state index contributed by atoms with van der Waals surface area (Å²) in [6.45, 7) is 9.81. The Balaban J connectivity index is 1.60. The molecule has 0 aliphatic carbocycles. The molecule has 1 aromatic carbocycles. The van der Waals surface area contributed by atoms with Crippen LogP contribution in [0.4, 0.5) is 0 Å². The number of guanidine groups is 1. The van der Waals surface area contributed by atoms with Crippen LogP contribution in [0.25, 0.3) is 0 Å². The molecule has 3 rings (SSSR count). The molecule has 1 aromatic rings. The summed E-state index contributed by atoms with van der Waals surface area (Å²) in [6, 6.07) is 11.1. The molecule has 2 saturated heterocycles. The second kappa shape index (κ2) is 8.31. The van der Waals surface area contributed by atoms with Crippen LogP contribution in [0, 0.1) is 0 Å². The van der Waals surface area contributed by atoms with E-state index in [4.69, 9.17) is 9.73 Å². The highest BCUT2D eigenvalue weighted by molar-refractivity contribution is 5.80. The molecule has 126 valence electrons. The quantitative estimate of drug-likeness (QED) is 0.676. The smallest absolute Gasteiger partial charge is 0.194 e. The zero-order valence-electron chi connectivity index (χ0n) is 14.1. The van der Waals surface area contributed by atoms with Crippen molar-refractivity contribution in [1.29, 1.82) is 0 Å². The van der Waals surface area contributed by atoms with Gasteiger partial charge < -0.3 is 15.0 Å². The van der Waals surface area contributed by atoms with E-state index in [0.29, 0.717) is 6.04 Å². The first-order valence-corrected chi connectivity index (χ1v) is 8.76. The first-order chi connectivity index (χ1) is 11.4. The lowest BCUT2D eigenvalue weighted by atomic mass is 10.2. The van der Waals surface area contributed by atoms with E-state index in [1.54, 1.807) is 0 Å². The van der Waals surface area contributed by atoms with Gasteiger partial charge in [-0.05, 0) is 18.9 Å². The summed E-state index contributed by atoms with van der Waals surface area (Å²) in [5.41, 5.74) is 1.26. The fraction of sp³-hybridized carbons (Fsp3) is 0.611. The van der Waals surface area contributed by atoms with Crippen molar-refractivity contribution in [3.05, 3.63) is 35.9 Å². The molecule has 0 saturated carbocycles. The zero-order chi connectivity index (χ0) is 15.9. The van der Waals surface area contributed by atoms with E-state index in [2.05, 4.69) is 46.3 Å². The Bertz CT molecular complexity index is 499. The summed E-state index contributed by atoms with van der Waals surface area (Å²) < 4.78 is 5.47. The van der Waals surface area contributed by atoms with E-state index in [-0.39, 0.29) is 0 Å². The number of likely N-dealkylation sites (tertiary alicyclic amines) is 1. The largest absolute Gasteiger partial charge is 0.379 e. The van der Waals surface area contributed by atoms with E-state index in [1.807, 2.05) is 6.07 Å². The molecule has 1 atom stereocenters. The molecule has 2 aliphatic heterocycles. The number of morpholine rings is 1. The number of rotatable bonds is 4. The Hall–Kier alpha value is -1.59. The van der Waals surface area contributed by atoms with Crippen LogP contribution in [-0.2, 0) is 11.3 Å². The topological polar surface area (TPSA) is 40.1 Å². The van der Waals surface area contributed by atoms with Crippen molar-refractivity contribution in [2.75, 3.05) is 45.9 Å². The first kappa shape index (κ1) is 16.3. The van der Waals surface area contributed by atoms with Crippen LogP contribution in [0.1, 0.15) is 18.9 Å². The van der Waals surface area contributed by atoms with E-state index in [9.17, 15) is 0 Å². The van der Waals surface area contributed by atoms with Gasteiger partial charge in [-0.25, -0.2) is 4.99 Å². The molecule has 23 heavy (non-hydrogen) atoms. The Labute approximate surface area is 139 Å². The van der Waals surface area contributed by atoms with Crippen molar-refractivity contribution in [3.8, 4) is 0 Å². The van der Waals surface area contributed by atoms with Gasteiger partial charge >= 0.3 is 0 Å². The predicted octanol–water partition coefficient (Wildman–Crippen LogP) is 1.56. The van der Waals surface area contributed by atoms with Gasteiger partial charge in [-0.2, -0.15) is 0 Å². The summed E-state index contributed by atoms with van der Waals surface area (Å²) in [4.78, 5) is 9.82. The van der Waals surface area contributed by atoms with E-state index >= 15 is 0 Å². The zero-order valence-corrected chi connectivity index (χ0v) is 14.1. The maximum atomic E-state index is 5.47. The second-order valence-electron chi connectivity index (χ2n) is 6.19. The Morgan fingerprint density at radius 3 is 2.74 bits per heavy atom. The average Bonchev–Trinajstić information content (AvgIpc) is 3.10. The number of nitrogens with zero attached hydrogens (tertiary/aromatic N) is 3. The SMILES string of the molecule is CCNC(=NCc1ccccc1)N1CCC(N2CCOCC2)C1. The van der Waals surface area contributed by atoms with Crippen molar-refractivity contribution < 1.29 is 4.74 Å². The van der Waals surface area contributed by atoms with Crippen LogP contribution in [-0.4, -0.2) is 67.7 Å². The number of hydrogen-bond donors (Lipinski definition) is 1. The average molecular weight is 316 g/mol. The third-order valence-corrected chi connectivity index (χ3v) is 4.61.